The fourth-order valence-corrected chi connectivity index (χ4v) is 2.59. The van der Waals surface area contributed by atoms with Gasteiger partial charge in [-0.3, -0.25) is 0 Å². The van der Waals surface area contributed by atoms with E-state index >= 15 is 0 Å². The zero-order chi connectivity index (χ0) is 16.5. The lowest BCUT2D eigenvalue weighted by molar-refractivity contribution is -0.0910. The zero-order valence-corrected chi connectivity index (χ0v) is 13.6. The molecule has 1 fully saturated rings. The molecule has 0 aromatic heterocycles. The maximum Gasteiger partial charge on any atom is 0.414 e. The predicted octanol–water partition coefficient (Wildman–Crippen LogP) is 4.83. The summed E-state index contributed by atoms with van der Waals surface area (Å²) in [5.74, 6) is 0.529. The molecule has 1 aromatic rings. The Morgan fingerprint density at radius 1 is 1.27 bits per heavy atom. The summed E-state index contributed by atoms with van der Waals surface area (Å²) in [5, 5.41) is 0.416. The summed E-state index contributed by atoms with van der Waals surface area (Å²) in [6, 6.07) is 5.06. The molecule has 1 saturated carbocycles. The Morgan fingerprint density at radius 3 is 2.41 bits per heavy atom. The maximum atomic E-state index is 13.1. The molecule has 1 atom stereocenters. The smallest absolute Gasteiger partial charge is 0.320 e. The Hall–Kier alpha value is -1.20. The summed E-state index contributed by atoms with van der Waals surface area (Å²) in [4.78, 5) is 0. The third kappa shape index (κ3) is 4.40. The molecule has 0 aliphatic heterocycles. The third-order valence-electron chi connectivity index (χ3n) is 3.88. The SMILES string of the molecule is C/C(=C(\NNC(C)C1CC1)c1cc(C)cc(Cl)c1)C(F)(F)F. The van der Waals surface area contributed by atoms with Gasteiger partial charge in [-0.2, -0.15) is 13.2 Å². The monoisotopic (exact) mass is 332 g/mol. The largest absolute Gasteiger partial charge is 0.414 e. The average Bonchev–Trinajstić information content (AvgIpc) is 3.20. The molecule has 1 aliphatic carbocycles. The van der Waals surface area contributed by atoms with Gasteiger partial charge >= 0.3 is 6.18 Å². The first-order chi connectivity index (χ1) is 10.2. The Balaban J connectivity index is 2.32. The number of alkyl halides is 3. The summed E-state index contributed by atoms with van der Waals surface area (Å²) in [7, 11) is 0. The Morgan fingerprint density at radius 2 is 1.91 bits per heavy atom. The van der Waals surface area contributed by atoms with Crippen LogP contribution in [-0.2, 0) is 0 Å². The standard InChI is InChI=1S/C16H20ClF3N2/c1-9-6-13(8-14(17)7-9)15(10(2)16(18,19)20)22-21-11(3)12-4-5-12/h6-8,11-12,21-22H,4-5H2,1-3H3/b15-10+. The van der Waals surface area contributed by atoms with Crippen LogP contribution in [0, 0.1) is 12.8 Å². The fraction of sp³-hybridized carbons (Fsp3) is 0.500. The highest BCUT2D eigenvalue weighted by atomic mass is 35.5. The van der Waals surface area contributed by atoms with Crippen LogP contribution in [0.2, 0.25) is 5.02 Å². The van der Waals surface area contributed by atoms with Crippen molar-refractivity contribution >= 4 is 17.3 Å². The van der Waals surface area contributed by atoms with Crippen LogP contribution < -0.4 is 10.9 Å². The topological polar surface area (TPSA) is 24.1 Å². The molecule has 2 nitrogen and oxygen atoms in total. The van der Waals surface area contributed by atoms with Crippen LogP contribution >= 0.6 is 11.6 Å². The molecule has 122 valence electrons. The number of hydrazine groups is 1. The first-order valence-electron chi connectivity index (χ1n) is 7.25. The van der Waals surface area contributed by atoms with Gasteiger partial charge in [-0.25, -0.2) is 5.43 Å². The quantitative estimate of drug-likeness (QED) is 0.754. The van der Waals surface area contributed by atoms with Gasteiger partial charge in [0.15, 0.2) is 0 Å². The molecular formula is C16H20ClF3N2. The minimum absolute atomic E-state index is 0.0191. The van der Waals surface area contributed by atoms with E-state index in [1.165, 1.54) is 6.07 Å². The van der Waals surface area contributed by atoms with Crippen LogP contribution in [0.1, 0.15) is 37.8 Å². The molecule has 6 heteroatoms. The van der Waals surface area contributed by atoms with Gasteiger partial charge in [0.1, 0.15) is 0 Å². The van der Waals surface area contributed by atoms with Crippen molar-refractivity contribution in [3.63, 3.8) is 0 Å². The van der Waals surface area contributed by atoms with Crippen molar-refractivity contribution in [1.82, 2.24) is 10.9 Å². The van der Waals surface area contributed by atoms with Crippen LogP contribution in [0.15, 0.2) is 23.8 Å². The number of hydrogen-bond acceptors (Lipinski definition) is 2. The van der Waals surface area contributed by atoms with Gasteiger partial charge in [0, 0.05) is 16.6 Å². The van der Waals surface area contributed by atoms with E-state index in [-0.39, 0.29) is 11.7 Å². The second-order valence-electron chi connectivity index (χ2n) is 5.91. The molecule has 0 amide bonds. The van der Waals surface area contributed by atoms with Gasteiger partial charge in [-0.05, 0) is 63.3 Å². The van der Waals surface area contributed by atoms with Crippen molar-refractivity contribution in [3.05, 3.63) is 39.9 Å². The highest BCUT2D eigenvalue weighted by molar-refractivity contribution is 6.30. The Labute approximate surface area is 133 Å². The third-order valence-corrected chi connectivity index (χ3v) is 4.10. The first-order valence-corrected chi connectivity index (χ1v) is 7.63. The molecule has 1 unspecified atom stereocenters. The number of aryl methyl sites for hydroxylation is 1. The second-order valence-corrected chi connectivity index (χ2v) is 6.35. The van der Waals surface area contributed by atoms with E-state index in [1.807, 2.05) is 6.92 Å². The van der Waals surface area contributed by atoms with Gasteiger partial charge in [0.05, 0.1) is 11.3 Å². The lowest BCUT2D eigenvalue weighted by Crippen LogP contribution is -2.40. The van der Waals surface area contributed by atoms with Gasteiger partial charge in [-0.15, -0.1) is 0 Å². The summed E-state index contributed by atoms with van der Waals surface area (Å²) in [6.07, 6.45) is -2.17. The first kappa shape index (κ1) is 17.2. The molecule has 2 N–H and O–H groups in total. The van der Waals surface area contributed by atoms with Crippen molar-refractivity contribution < 1.29 is 13.2 Å². The van der Waals surface area contributed by atoms with E-state index in [2.05, 4.69) is 10.9 Å². The van der Waals surface area contributed by atoms with Crippen LogP contribution in [-0.4, -0.2) is 12.2 Å². The number of halogens is 4. The van der Waals surface area contributed by atoms with E-state index < -0.39 is 11.7 Å². The van der Waals surface area contributed by atoms with Gasteiger partial charge < -0.3 is 5.43 Å². The van der Waals surface area contributed by atoms with E-state index in [4.69, 9.17) is 11.6 Å². The zero-order valence-electron chi connectivity index (χ0n) is 12.8. The van der Waals surface area contributed by atoms with Crippen LogP contribution in [0.4, 0.5) is 13.2 Å². The normalized spacial score (nSPS) is 18.0. The number of hydrogen-bond donors (Lipinski definition) is 2. The predicted molar refractivity (Wildman–Crippen MR) is 83.3 cm³/mol. The molecular weight excluding hydrogens is 313 g/mol. The number of nitrogens with one attached hydrogen (secondary N) is 2. The molecule has 0 saturated heterocycles. The Bertz CT molecular complexity index is 557. The highest BCUT2D eigenvalue weighted by Gasteiger charge is 2.34. The van der Waals surface area contributed by atoms with Crippen LogP contribution in [0.25, 0.3) is 5.70 Å². The van der Waals surface area contributed by atoms with E-state index in [0.717, 1.165) is 25.3 Å². The van der Waals surface area contributed by atoms with Crippen molar-refractivity contribution in [2.24, 2.45) is 5.92 Å². The number of rotatable bonds is 5. The average molecular weight is 333 g/mol. The maximum absolute atomic E-state index is 13.1. The number of allylic oxidation sites excluding steroid dienone is 1. The molecule has 22 heavy (non-hydrogen) atoms. The minimum Gasteiger partial charge on any atom is -0.320 e. The lowest BCUT2D eigenvalue weighted by atomic mass is 10.0. The fourth-order valence-electron chi connectivity index (χ4n) is 2.30. The second kappa shape index (κ2) is 6.50. The van der Waals surface area contributed by atoms with Crippen molar-refractivity contribution in [3.8, 4) is 0 Å². The van der Waals surface area contributed by atoms with Crippen molar-refractivity contribution in [2.75, 3.05) is 0 Å². The van der Waals surface area contributed by atoms with Gasteiger partial charge in [0.2, 0.25) is 0 Å². The van der Waals surface area contributed by atoms with E-state index in [1.54, 1.807) is 19.1 Å². The highest BCUT2D eigenvalue weighted by Crippen LogP contribution is 2.34. The summed E-state index contributed by atoms with van der Waals surface area (Å²) in [6.45, 7) is 4.84. The summed E-state index contributed by atoms with van der Waals surface area (Å²) in [5.41, 5.74) is 6.33. The number of benzene rings is 1. The van der Waals surface area contributed by atoms with Crippen LogP contribution in [0.3, 0.4) is 0 Å². The summed E-state index contributed by atoms with van der Waals surface area (Å²) < 4.78 is 39.4. The molecule has 0 spiro atoms. The van der Waals surface area contributed by atoms with E-state index in [0.29, 0.717) is 16.5 Å². The van der Waals surface area contributed by atoms with E-state index in [9.17, 15) is 13.2 Å². The minimum atomic E-state index is -4.40. The molecule has 0 bridgehead atoms. The molecule has 2 rings (SSSR count). The van der Waals surface area contributed by atoms with Gasteiger partial charge in [0.25, 0.3) is 0 Å². The Kier molecular flexibility index (Phi) is 5.07. The molecule has 0 heterocycles. The van der Waals surface area contributed by atoms with Crippen molar-refractivity contribution in [2.45, 2.75) is 45.8 Å². The van der Waals surface area contributed by atoms with Gasteiger partial charge in [-0.1, -0.05) is 11.6 Å². The van der Waals surface area contributed by atoms with Crippen molar-refractivity contribution in [1.29, 1.82) is 0 Å². The summed E-state index contributed by atoms with van der Waals surface area (Å²) >= 11 is 5.98. The molecule has 1 aliphatic rings. The lowest BCUT2D eigenvalue weighted by Gasteiger charge is -2.21. The molecule has 0 radical (unpaired) electrons. The van der Waals surface area contributed by atoms with Crippen LogP contribution in [0.5, 0.6) is 0 Å². The molecule has 1 aromatic carbocycles.